The Morgan fingerprint density at radius 3 is 2.63 bits per heavy atom. The Morgan fingerprint density at radius 1 is 1.30 bits per heavy atom. The predicted octanol–water partition coefficient (Wildman–Crippen LogP) is 4.49. The van der Waals surface area contributed by atoms with Gasteiger partial charge in [-0.1, -0.05) is 38.3 Å². The third-order valence-electron chi connectivity index (χ3n) is 5.03. The van der Waals surface area contributed by atoms with Gasteiger partial charge in [0.05, 0.1) is 6.20 Å². The number of hydrogen-bond acceptors (Lipinski definition) is 5. The van der Waals surface area contributed by atoms with Crippen LogP contribution in [-0.4, -0.2) is 40.0 Å². The highest BCUT2D eigenvalue weighted by Gasteiger charge is 2.17. The monoisotopic (exact) mass is 416 g/mol. The molecule has 0 bridgehead atoms. The summed E-state index contributed by atoms with van der Waals surface area (Å²) in [6.07, 6.45) is 7.50. The van der Waals surface area contributed by atoms with E-state index >= 15 is 0 Å². The third-order valence-corrected chi connectivity index (χ3v) is 5.03. The molecule has 1 fully saturated rings. The van der Waals surface area contributed by atoms with E-state index in [0.29, 0.717) is 30.5 Å². The molecule has 0 unspecified atom stereocenters. The fraction of sp³-hybridized carbons (Fsp3) is 0.455. The van der Waals surface area contributed by atoms with Crippen LogP contribution < -0.4 is 10.2 Å². The molecule has 3 rings (SSSR count). The lowest BCUT2D eigenvalue weighted by Gasteiger charge is -2.23. The van der Waals surface area contributed by atoms with Crippen molar-refractivity contribution in [2.45, 2.75) is 58.4 Å². The van der Waals surface area contributed by atoms with Crippen LogP contribution in [0.2, 0.25) is 0 Å². The summed E-state index contributed by atoms with van der Waals surface area (Å²) in [5, 5.41) is 10.2. The zero-order valence-corrected chi connectivity index (χ0v) is 17.5. The van der Waals surface area contributed by atoms with Crippen molar-refractivity contribution in [2.24, 2.45) is 0 Å². The summed E-state index contributed by atoms with van der Waals surface area (Å²) in [6.45, 7) is 4.08. The highest BCUT2D eigenvalue weighted by atomic mass is 19.1. The van der Waals surface area contributed by atoms with Crippen LogP contribution in [0, 0.1) is 5.82 Å². The van der Waals surface area contributed by atoms with E-state index < -0.39 is 5.82 Å². The molecule has 162 valence electrons. The zero-order chi connectivity index (χ0) is 21.9. The number of benzene rings is 1. The first-order valence-corrected chi connectivity index (χ1v) is 10.3. The molecule has 1 aromatic carbocycles. The van der Waals surface area contributed by atoms with Gasteiger partial charge < -0.3 is 15.3 Å². The quantitative estimate of drug-likeness (QED) is 0.674. The number of nitrogens with one attached hydrogen (secondary N) is 1. The van der Waals surface area contributed by atoms with Gasteiger partial charge in [0.2, 0.25) is 11.9 Å². The van der Waals surface area contributed by atoms with E-state index in [-0.39, 0.29) is 18.1 Å². The first-order chi connectivity index (χ1) is 14.5. The van der Waals surface area contributed by atoms with Crippen LogP contribution in [-0.2, 0) is 9.59 Å². The minimum Gasteiger partial charge on any atom is -0.483 e. The van der Waals surface area contributed by atoms with Crippen LogP contribution in [0.15, 0.2) is 30.5 Å². The van der Waals surface area contributed by atoms with Crippen LogP contribution in [0.1, 0.15) is 52.4 Å². The molecule has 7 nitrogen and oxygen atoms in total. The van der Waals surface area contributed by atoms with Crippen LogP contribution in [0.3, 0.4) is 0 Å². The summed E-state index contributed by atoms with van der Waals surface area (Å²) in [5.74, 6) is 0.0318. The van der Waals surface area contributed by atoms with Gasteiger partial charge in [-0.25, -0.2) is 14.4 Å². The normalized spacial score (nSPS) is 13.7. The summed E-state index contributed by atoms with van der Waals surface area (Å²) in [6, 6.07) is 7.66. The number of amides is 1. The number of carbonyl (C=O) groups excluding carboxylic acids is 1. The van der Waals surface area contributed by atoms with Crippen molar-refractivity contribution in [3.05, 3.63) is 36.3 Å². The number of hydrogen-bond donors (Lipinski definition) is 2. The number of aromatic nitrogens is 2. The van der Waals surface area contributed by atoms with Gasteiger partial charge in [-0.15, -0.1) is 0 Å². The van der Waals surface area contributed by atoms with Crippen molar-refractivity contribution in [1.29, 1.82) is 0 Å². The minimum atomic E-state index is -0.466. The Morgan fingerprint density at radius 2 is 2.00 bits per heavy atom. The Bertz CT molecular complexity index is 841. The maximum absolute atomic E-state index is 14.4. The van der Waals surface area contributed by atoms with Crippen LogP contribution in [0.5, 0.6) is 0 Å². The van der Waals surface area contributed by atoms with Crippen molar-refractivity contribution < 1.29 is 19.1 Å². The first-order valence-electron chi connectivity index (χ1n) is 10.3. The molecule has 1 aliphatic carbocycles. The molecule has 8 heteroatoms. The first kappa shape index (κ1) is 23.3. The molecule has 0 saturated heterocycles. The fourth-order valence-electron chi connectivity index (χ4n) is 3.58. The minimum absolute atomic E-state index is 0.0393. The van der Waals surface area contributed by atoms with Crippen molar-refractivity contribution in [2.75, 3.05) is 16.8 Å². The molecule has 0 radical (unpaired) electrons. The molecular formula is C22H29FN4O3. The second kappa shape index (κ2) is 11.8. The zero-order valence-electron chi connectivity index (χ0n) is 17.5. The Balaban J connectivity index is 0.00000101. The number of rotatable bonds is 6. The van der Waals surface area contributed by atoms with Crippen molar-refractivity contribution in [3.63, 3.8) is 0 Å². The molecule has 1 amide bonds. The molecule has 1 saturated carbocycles. The fourth-order valence-corrected chi connectivity index (χ4v) is 3.58. The number of anilines is 2. The summed E-state index contributed by atoms with van der Waals surface area (Å²) in [5.41, 5.74) is 1.65. The molecule has 2 N–H and O–H groups in total. The Labute approximate surface area is 176 Å². The highest BCUT2D eigenvalue weighted by molar-refractivity contribution is 5.93. The van der Waals surface area contributed by atoms with E-state index in [1.165, 1.54) is 25.5 Å². The molecule has 30 heavy (non-hydrogen) atoms. The molecule has 1 aromatic heterocycles. The molecule has 2 aromatic rings. The van der Waals surface area contributed by atoms with Crippen molar-refractivity contribution in [3.8, 4) is 11.3 Å². The van der Waals surface area contributed by atoms with E-state index in [1.54, 1.807) is 4.90 Å². The average molecular weight is 416 g/mol. The lowest BCUT2D eigenvalue weighted by atomic mass is 9.96. The maximum atomic E-state index is 14.4. The summed E-state index contributed by atoms with van der Waals surface area (Å²) in [7, 11) is 0. The lowest BCUT2D eigenvalue weighted by Crippen LogP contribution is -2.29. The van der Waals surface area contributed by atoms with Crippen LogP contribution in [0.25, 0.3) is 11.3 Å². The number of nitrogens with zero attached hydrogens (tertiary/aromatic N) is 3. The lowest BCUT2D eigenvalue weighted by molar-refractivity contribution is -0.123. The standard InChI is InChI=1S/C21H27FN4O.CH2O2/c1-3-19(27)26(4-2)17-12-8-9-15(13-17)20-18(22)14-23-21(25-20)24-16-10-6-5-7-11-16;2-1-3/h8-9,12-14,16H,3-7,10-11H2,1-2H3,(H,23,24,25);1H,(H,2,3). The molecular weight excluding hydrogens is 387 g/mol. The van der Waals surface area contributed by atoms with E-state index in [1.807, 2.05) is 38.1 Å². The molecule has 0 atom stereocenters. The second-order valence-electron chi connectivity index (χ2n) is 7.02. The predicted molar refractivity (Wildman–Crippen MR) is 115 cm³/mol. The van der Waals surface area contributed by atoms with Gasteiger partial charge in [0.15, 0.2) is 5.82 Å². The van der Waals surface area contributed by atoms with Gasteiger partial charge in [0, 0.05) is 30.3 Å². The van der Waals surface area contributed by atoms with E-state index in [4.69, 9.17) is 9.90 Å². The Hall–Kier alpha value is -3.03. The van der Waals surface area contributed by atoms with Gasteiger partial charge in [-0.2, -0.15) is 0 Å². The smallest absolute Gasteiger partial charge is 0.290 e. The van der Waals surface area contributed by atoms with Crippen molar-refractivity contribution >= 4 is 24.0 Å². The van der Waals surface area contributed by atoms with Gasteiger partial charge in [0.1, 0.15) is 5.69 Å². The topological polar surface area (TPSA) is 95.4 Å². The maximum Gasteiger partial charge on any atom is 0.290 e. The Kier molecular flexibility index (Phi) is 9.18. The molecule has 0 spiro atoms. The summed E-state index contributed by atoms with van der Waals surface area (Å²) >= 11 is 0. The largest absolute Gasteiger partial charge is 0.483 e. The van der Waals surface area contributed by atoms with E-state index in [0.717, 1.165) is 18.5 Å². The summed E-state index contributed by atoms with van der Waals surface area (Å²) < 4.78 is 14.4. The SMILES string of the molecule is CCC(=O)N(CC)c1cccc(-c2nc(NC3CCCCC3)ncc2F)c1.O=CO. The van der Waals surface area contributed by atoms with Crippen molar-refractivity contribution in [1.82, 2.24) is 9.97 Å². The average Bonchev–Trinajstić information content (AvgIpc) is 2.77. The van der Waals surface area contributed by atoms with Crippen LogP contribution in [0.4, 0.5) is 16.0 Å². The molecule has 0 aliphatic heterocycles. The van der Waals surface area contributed by atoms with Gasteiger partial charge in [0.25, 0.3) is 6.47 Å². The van der Waals surface area contributed by atoms with Gasteiger partial charge in [-0.3, -0.25) is 9.59 Å². The van der Waals surface area contributed by atoms with Crippen LogP contribution >= 0.6 is 0 Å². The summed E-state index contributed by atoms with van der Waals surface area (Å²) in [4.78, 5) is 30.7. The van der Waals surface area contributed by atoms with E-state index in [2.05, 4.69) is 15.3 Å². The van der Waals surface area contributed by atoms with Gasteiger partial charge >= 0.3 is 0 Å². The third kappa shape index (κ3) is 6.23. The van der Waals surface area contributed by atoms with E-state index in [9.17, 15) is 9.18 Å². The molecule has 1 heterocycles. The molecule has 1 aliphatic rings. The second-order valence-corrected chi connectivity index (χ2v) is 7.02. The number of carbonyl (C=O) groups is 2. The van der Waals surface area contributed by atoms with Gasteiger partial charge in [-0.05, 0) is 31.9 Å². The number of halogens is 1. The number of carboxylic acid groups (broad SMARTS) is 1. The highest BCUT2D eigenvalue weighted by Crippen LogP contribution is 2.27.